The molecule has 18 heteroatoms. The second-order valence-corrected chi connectivity index (χ2v) is 20.3. The SMILES string of the molecule is COc1cc(N2CCC(NCCNCC3(COc4cccc5c4C(=O)N(C4CCC(=O)NC4=O)C5=O)CC3)CC2)ccc1Nc1ncc(Cl)c(Nc2ccccc2P(C)(C)=O)n1. The zero-order valence-electron chi connectivity index (χ0n) is 35.0. The Kier molecular flexibility index (Phi) is 12.6. The quantitative estimate of drug-likeness (QED) is 0.0522. The van der Waals surface area contributed by atoms with E-state index < -0.39 is 36.8 Å². The first-order chi connectivity index (χ1) is 29.8. The molecule has 8 rings (SSSR count). The van der Waals surface area contributed by atoms with E-state index in [4.69, 9.17) is 21.1 Å². The van der Waals surface area contributed by atoms with E-state index >= 15 is 0 Å². The number of methoxy groups -OCH3 is 1. The number of hydrogen-bond acceptors (Lipinski definition) is 14. The Balaban J connectivity index is 0.777. The Labute approximate surface area is 365 Å². The molecule has 326 valence electrons. The predicted molar refractivity (Wildman–Crippen MR) is 239 cm³/mol. The van der Waals surface area contributed by atoms with Crippen molar-refractivity contribution in [1.29, 1.82) is 0 Å². The monoisotopic (exact) mass is 883 g/mol. The Morgan fingerprint density at radius 3 is 2.45 bits per heavy atom. The van der Waals surface area contributed by atoms with Crippen LogP contribution in [0, 0.1) is 5.41 Å². The minimum Gasteiger partial charge on any atom is -0.494 e. The molecule has 3 fully saturated rings. The van der Waals surface area contributed by atoms with Crippen LogP contribution in [0.25, 0.3) is 0 Å². The standard InChI is InChI=1S/C44H51ClN9O7P/c1-60-35-23-28(11-12-31(35)50-43-48-24-30(45)39(52-43)49-32-8-4-5-10-36(32)62(2,3)59)53-21-15-27(16-22-53)47-20-19-46-25-44(17-18-44)26-61-34-9-6-7-29-38(34)42(58)54(41(29)57)33-13-14-37(55)51-40(33)56/h4-12,23-24,27,33,46-47H,13-22,25-26H2,1-3H3,(H,51,55,56)(H2,48,49,50,52). The van der Waals surface area contributed by atoms with Gasteiger partial charge in [0, 0.05) is 67.7 Å². The van der Waals surface area contributed by atoms with Gasteiger partial charge in [0.15, 0.2) is 5.82 Å². The van der Waals surface area contributed by atoms with Crippen LogP contribution < -0.4 is 46.3 Å². The Bertz CT molecular complexity index is 2440. The number of piperidine rings is 2. The molecule has 0 radical (unpaired) electrons. The molecule has 4 heterocycles. The molecule has 1 saturated carbocycles. The van der Waals surface area contributed by atoms with E-state index in [2.05, 4.69) is 47.5 Å². The fourth-order valence-electron chi connectivity index (χ4n) is 8.24. The summed E-state index contributed by atoms with van der Waals surface area (Å²) in [6.07, 6.45) is 5.65. The lowest BCUT2D eigenvalue weighted by molar-refractivity contribution is -0.136. The molecule has 4 aromatic rings. The van der Waals surface area contributed by atoms with Crippen LogP contribution in [0.15, 0.2) is 66.9 Å². The minimum atomic E-state index is -2.56. The number of nitrogens with zero attached hydrogens (tertiary/aromatic N) is 4. The first-order valence-corrected chi connectivity index (χ1v) is 23.9. The van der Waals surface area contributed by atoms with Crippen LogP contribution in [0.2, 0.25) is 5.02 Å². The van der Waals surface area contributed by atoms with E-state index in [1.54, 1.807) is 38.6 Å². The van der Waals surface area contributed by atoms with E-state index in [0.717, 1.165) is 69.0 Å². The van der Waals surface area contributed by atoms with Crippen LogP contribution in [0.4, 0.5) is 28.8 Å². The molecule has 0 bridgehead atoms. The van der Waals surface area contributed by atoms with Crippen LogP contribution >= 0.6 is 18.7 Å². The number of ether oxygens (including phenoxy) is 2. The van der Waals surface area contributed by atoms with Crippen molar-refractivity contribution < 1.29 is 33.2 Å². The van der Waals surface area contributed by atoms with Crippen LogP contribution in [0.5, 0.6) is 11.5 Å². The molecule has 5 N–H and O–H groups in total. The van der Waals surface area contributed by atoms with Crippen molar-refractivity contribution in [2.75, 3.05) is 75.3 Å². The number of nitrogens with one attached hydrogen (secondary N) is 5. The van der Waals surface area contributed by atoms with Gasteiger partial charge in [-0.25, -0.2) is 4.98 Å². The van der Waals surface area contributed by atoms with Crippen LogP contribution in [0.3, 0.4) is 0 Å². The Morgan fingerprint density at radius 1 is 0.919 bits per heavy atom. The lowest BCUT2D eigenvalue weighted by atomic mass is 10.0. The number of anilines is 5. The van der Waals surface area contributed by atoms with Crippen molar-refractivity contribution in [3.8, 4) is 11.5 Å². The number of carbonyl (C=O) groups excluding carboxylic acids is 4. The summed E-state index contributed by atoms with van der Waals surface area (Å²) < 4.78 is 24.9. The zero-order valence-corrected chi connectivity index (χ0v) is 36.6. The zero-order chi connectivity index (χ0) is 43.6. The third-order valence-electron chi connectivity index (χ3n) is 11.9. The lowest BCUT2D eigenvalue weighted by Crippen LogP contribution is -2.54. The van der Waals surface area contributed by atoms with Gasteiger partial charge in [0.05, 0.1) is 42.4 Å². The summed E-state index contributed by atoms with van der Waals surface area (Å²) in [7, 11) is -0.925. The first kappa shape index (κ1) is 43.1. The van der Waals surface area contributed by atoms with E-state index in [1.165, 1.54) is 6.20 Å². The summed E-state index contributed by atoms with van der Waals surface area (Å²) in [5, 5.41) is 17.1. The van der Waals surface area contributed by atoms with Gasteiger partial charge < -0.3 is 40.2 Å². The normalized spacial score (nSPS) is 18.7. The maximum Gasteiger partial charge on any atom is 0.266 e. The van der Waals surface area contributed by atoms with Crippen molar-refractivity contribution in [2.24, 2.45) is 5.41 Å². The fraction of sp³-hybridized carbons (Fsp3) is 0.409. The molecule has 4 aliphatic rings. The number of aromatic nitrogens is 2. The Morgan fingerprint density at radius 2 is 1.71 bits per heavy atom. The average Bonchev–Trinajstić information content (AvgIpc) is 3.99. The van der Waals surface area contributed by atoms with Gasteiger partial charge in [0.25, 0.3) is 11.8 Å². The summed E-state index contributed by atoms with van der Waals surface area (Å²) in [5.41, 5.74) is 2.77. The molecule has 16 nitrogen and oxygen atoms in total. The van der Waals surface area contributed by atoms with Gasteiger partial charge in [0.1, 0.15) is 29.7 Å². The largest absolute Gasteiger partial charge is 0.494 e. The maximum atomic E-state index is 13.5. The summed E-state index contributed by atoms with van der Waals surface area (Å²) >= 11 is 6.47. The number of amides is 4. The van der Waals surface area contributed by atoms with E-state index in [9.17, 15) is 23.7 Å². The number of benzene rings is 3. The number of carbonyl (C=O) groups is 4. The highest BCUT2D eigenvalue weighted by Crippen LogP contribution is 2.46. The van der Waals surface area contributed by atoms with Crippen molar-refractivity contribution in [3.05, 3.63) is 83.0 Å². The minimum absolute atomic E-state index is 0.0542. The molecule has 2 saturated heterocycles. The van der Waals surface area contributed by atoms with Crippen molar-refractivity contribution in [2.45, 2.75) is 50.6 Å². The summed E-state index contributed by atoms with van der Waals surface area (Å²) in [4.78, 5) is 63.1. The number of para-hydroxylation sites is 1. The van der Waals surface area contributed by atoms with Gasteiger partial charge in [-0.1, -0.05) is 29.8 Å². The lowest BCUT2D eigenvalue weighted by Gasteiger charge is -2.34. The van der Waals surface area contributed by atoms with Gasteiger partial charge in [0.2, 0.25) is 17.8 Å². The van der Waals surface area contributed by atoms with Gasteiger partial charge in [-0.3, -0.25) is 29.4 Å². The third-order valence-corrected chi connectivity index (χ3v) is 13.8. The van der Waals surface area contributed by atoms with Gasteiger partial charge >= 0.3 is 0 Å². The van der Waals surface area contributed by atoms with Crippen molar-refractivity contribution in [3.63, 3.8) is 0 Å². The molecule has 1 aliphatic carbocycles. The highest BCUT2D eigenvalue weighted by molar-refractivity contribution is 7.70. The molecule has 1 atom stereocenters. The highest BCUT2D eigenvalue weighted by atomic mass is 35.5. The number of fused-ring (bicyclic) bond motifs is 1. The maximum absolute atomic E-state index is 13.5. The van der Waals surface area contributed by atoms with Gasteiger partial charge in [-0.05, 0) is 81.8 Å². The number of imide groups is 2. The second kappa shape index (κ2) is 18.1. The van der Waals surface area contributed by atoms with Crippen molar-refractivity contribution in [1.82, 2.24) is 30.8 Å². The van der Waals surface area contributed by atoms with Crippen molar-refractivity contribution >= 4 is 76.5 Å². The Hall–Kier alpha value is -5.54. The summed E-state index contributed by atoms with van der Waals surface area (Å²) in [6.45, 7) is 8.02. The van der Waals surface area contributed by atoms with Crippen LogP contribution in [-0.2, 0) is 14.2 Å². The van der Waals surface area contributed by atoms with Gasteiger partial charge in [-0.15, -0.1) is 0 Å². The fourth-order valence-corrected chi connectivity index (χ4v) is 9.53. The number of rotatable bonds is 17. The van der Waals surface area contributed by atoms with Crippen LogP contribution in [-0.4, -0.2) is 110 Å². The molecule has 3 aromatic carbocycles. The molecule has 1 aromatic heterocycles. The third kappa shape index (κ3) is 9.43. The molecule has 62 heavy (non-hydrogen) atoms. The molecule has 1 unspecified atom stereocenters. The van der Waals surface area contributed by atoms with Crippen LogP contribution in [0.1, 0.15) is 59.2 Å². The average molecular weight is 884 g/mol. The summed E-state index contributed by atoms with van der Waals surface area (Å²) in [5.74, 6) is -0.464. The first-order valence-electron chi connectivity index (χ1n) is 20.9. The molecule has 3 aliphatic heterocycles. The molecular formula is C44H51ClN9O7P. The molecule has 0 spiro atoms. The van der Waals surface area contributed by atoms with Gasteiger partial charge in [-0.2, -0.15) is 4.98 Å². The second-order valence-electron chi connectivity index (χ2n) is 16.7. The topological polar surface area (TPSA) is 196 Å². The van der Waals surface area contributed by atoms with E-state index in [0.29, 0.717) is 57.6 Å². The number of hydrogen-bond donors (Lipinski definition) is 5. The number of halogens is 1. The molecular weight excluding hydrogens is 833 g/mol. The molecule has 4 amide bonds. The smallest absolute Gasteiger partial charge is 0.266 e. The van der Waals surface area contributed by atoms with E-state index in [-0.39, 0.29) is 29.4 Å². The van der Waals surface area contributed by atoms with E-state index in [1.807, 2.05) is 36.4 Å². The highest BCUT2D eigenvalue weighted by Gasteiger charge is 2.47. The summed E-state index contributed by atoms with van der Waals surface area (Å²) in [6, 6.07) is 17.8. The predicted octanol–water partition coefficient (Wildman–Crippen LogP) is 5.28.